The first kappa shape index (κ1) is 16.7. The molecule has 0 aromatic heterocycles. The molecule has 128 valence electrons. The summed E-state index contributed by atoms with van der Waals surface area (Å²) in [6, 6.07) is 13.2. The molecular weight excluding hydrogens is 316 g/mol. The highest BCUT2D eigenvalue weighted by molar-refractivity contribution is 6.43. The Bertz CT molecular complexity index is 856. The highest BCUT2D eigenvalue weighted by Crippen LogP contribution is 2.17. The first-order chi connectivity index (χ1) is 11.9. The number of anilines is 2. The Morgan fingerprint density at radius 2 is 1.76 bits per heavy atom. The summed E-state index contributed by atoms with van der Waals surface area (Å²) in [6.07, 6.45) is 0. The summed E-state index contributed by atoms with van der Waals surface area (Å²) < 4.78 is 0. The van der Waals surface area contributed by atoms with Crippen LogP contribution in [0, 0.1) is 20.8 Å². The van der Waals surface area contributed by atoms with Crippen LogP contribution in [0.25, 0.3) is 0 Å². The Labute approximate surface area is 146 Å². The summed E-state index contributed by atoms with van der Waals surface area (Å²) in [5.41, 5.74) is 7.39. The summed E-state index contributed by atoms with van der Waals surface area (Å²) in [5.74, 6) is -0.483. The summed E-state index contributed by atoms with van der Waals surface area (Å²) in [5, 5.41) is 4.18. The van der Waals surface area contributed by atoms with Crippen LogP contribution in [0.2, 0.25) is 0 Å². The molecule has 0 atom stereocenters. The molecule has 0 fully saturated rings. The van der Waals surface area contributed by atoms with Gasteiger partial charge in [-0.15, -0.1) is 0 Å². The molecule has 1 heterocycles. The van der Waals surface area contributed by atoms with Gasteiger partial charge in [-0.2, -0.15) is 0 Å². The molecule has 0 saturated heterocycles. The number of carbonyl (C=O) groups is 2. The first-order valence-corrected chi connectivity index (χ1v) is 8.03. The highest BCUT2D eigenvalue weighted by Gasteiger charge is 2.25. The van der Waals surface area contributed by atoms with Crippen molar-refractivity contribution < 1.29 is 9.59 Å². The van der Waals surface area contributed by atoms with Gasteiger partial charge in [-0.25, -0.2) is 5.01 Å². The van der Waals surface area contributed by atoms with Gasteiger partial charge in [0.05, 0.1) is 5.69 Å². The van der Waals surface area contributed by atoms with E-state index in [1.165, 1.54) is 5.01 Å². The third-order valence-electron chi connectivity index (χ3n) is 3.98. The van der Waals surface area contributed by atoms with Gasteiger partial charge in [-0.3, -0.25) is 20.0 Å². The molecule has 0 saturated carbocycles. The Kier molecular flexibility index (Phi) is 4.52. The maximum atomic E-state index is 12.5. The summed E-state index contributed by atoms with van der Waals surface area (Å²) in [4.78, 5) is 28.7. The van der Waals surface area contributed by atoms with E-state index in [9.17, 15) is 9.59 Å². The normalized spacial score (nSPS) is 14.0. The molecule has 0 radical (unpaired) electrons. The minimum Gasteiger partial charge on any atom is -0.319 e. The number of amidine groups is 1. The molecule has 6 heteroatoms. The Morgan fingerprint density at radius 3 is 2.44 bits per heavy atom. The summed E-state index contributed by atoms with van der Waals surface area (Å²) in [7, 11) is 0. The molecule has 0 unspecified atom stereocenters. The number of nitrogens with one attached hydrogen (secondary N) is 2. The summed E-state index contributed by atoms with van der Waals surface area (Å²) in [6.45, 7) is 5.83. The number of amides is 2. The largest absolute Gasteiger partial charge is 0.319 e. The maximum Gasteiger partial charge on any atom is 0.292 e. The molecule has 0 bridgehead atoms. The molecule has 1 aliphatic rings. The van der Waals surface area contributed by atoms with Crippen molar-refractivity contribution in [3.63, 3.8) is 0 Å². The molecule has 3 rings (SSSR count). The van der Waals surface area contributed by atoms with Crippen LogP contribution in [0.5, 0.6) is 0 Å². The van der Waals surface area contributed by atoms with Gasteiger partial charge in [0, 0.05) is 5.69 Å². The van der Waals surface area contributed by atoms with E-state index in [-0.39, 0.29) is 24.2 Å². The van der Waals surface area contributed by atoms with Crippen LogP contribution in [-0.2, 0) is 9.59 Å². The van der Waals surface area contributed by atoms with Crippen molar-refractivity contribution in [3.05, 3.63) is 59.2 Å². The number of hydrazine groups is 1. The Morgan fingerprint density at radius 1 is 1.08 bits per heavy atom. The molecule has 2 aromatic carbocycles. The minimum absolute atomic E-state index is 0.0729. The number of hydrogen-bond acceptors (Lipinski definition) is 4. The minimum atomic E-state index is -0.378. The van der Waals surface area contributed by atoms with Gasteiger partial charge in [0.1, 0.15) is 6.54 Å². The van der Waals surface area contributed by atoms with E-state index in [0.29, 0.717) is 5.69 Å². The average molecular weight is 336 g/mol. The molecule has 6 nitrogen and oxygen atoms in total. The fraction of sp³-hybridized carbons (Fsp3) is 0.211. The fourth-order valence-corrected chi connectivity index (χ4v) is 2.58. The number of rotatable bonds is 3. The molecular formula is C19H20N4O2. The van der Waals surface area contributed by atoms with Crippen LogP contribution in [0.15, 0.2) is 47.5 Å². The number of aliphatic imine (C=N–C) groups is 1. The van der Waals surface area contributed by atoms with E-state index in [1.54, 1.807) is 0 Å². The van der Waals surface area contributed by atoms with Gasteiger partial charge in [0.2, 0.25) is 5.84 Å². The van der Waals surface area contributed by atoms with Crippen molar-refractivity contribution in [1.29, 1.82) is 0 Å². The molecule has 25 heavy (non-hydrogen) atoms. The summed E-state index contributed by atoms with van der Waals surface area (Å²) >= 11 is 0. The Hall–Kier alpha value is -3.15. The van der Waals surface area contributed by atoms with Crippen molar-refractivity contribution in [2.45, 2.75) is 20.8 Å². The Balaban J connectivity index is 1.77. The maximum absolute atomic E-state index is 12.5. The topological polar surface area (TPSA) is 73.8 Å². The second-order valence-corrected chi connectivity index (χ2v) is 6.11. The van der Waals surface area contributed by atoms with Gasteiger partial charge in [-0.1, -0.05) is 35.4 Å². The van der Waals surface area contributed by atoms with E-state index in [1.807, 2.05) is 63.2 Å². The van der Waals surface area contributed by atoms with Gasteiger partial charge < -0.3 is 5.32 Å². The highest BCUT2D eigenvalue weighted by atomic mass is 16.2. The van der Waals surface area contributed by atoms with E-state index >= 15 is 0 Å². The molecule has 0 aliphatic carbocycles. The number of aryl methyl sites for hydroxylation is 3. The van der Waals surface area contributed by atoms with Crippen molar-refractivity contribution in [2.75, 3.05) is 16.9 Å². The van der Waals surface area contributed by atoms with E-state index in [2.05, 4.69) is 15.7 Å². The van der Waals surface area contributed by atoms with Crippen LogP contribution in [0.3, 0.4) is 0 Å². The average Bonchev–Trinajstić information content (AvgIpc) is 2.58. The van der Waals surface area contributed by atoms with Crippen molar-refractivity contribution >= 4 is 29.0 Å². The van der Waals surface area contributed by atoms with Crippen molar-refractivity contribution in [1.82, 2.24) is 5.43 Å². The molecule has 2 N–H and O–H groups in total. The zero-order valence-corrected chi connectivity index (χ0v) is 14.5. The number of benzene rings is 2. The second kappa shape index (κ2) is 6.76. The predicted molar refractivity (Wildman–Crippen MR) is 98.6 cm³/mol. The molecule has 2 aromatic rings. The predicted octanol–water partition coefficient (Wildman–Crippen LogP) is 2.50. The second-order valence-electron chi connectivity index (χ2n) is 6.11. The quantitative estimate of drug-likeness (QED) is 0.904. The third-order valence-corrected chi connectivity index (χ3v) is 3.98. The van der Waals surface area contributed by atoms with Crippen molar-refractivity contribution in [2.24, 2.45) is 4.99 Å². The van der Waals surface area contributed by atoms with Gasteiger partial charge in [0.15, 0.2) is 0 Å². The zero-order chi connectivity index (χ0) is 18.0. The number of carbonyl (C=O) groups excluding carboxylic acids is 2. The zero-order valence-electron chi connectivity index (χ0n) is 14.5. The molecule has 0 spiro atoms. The van der Waals surface area contributed by atoms with Gasteiger partial charge >= 0.3 is 0 Å². The smallest absolute Gasteiger partial charge is 0.292 e. The van der Waals surface area contributed by atoms with Crippen LogP contribution in [0.4, 0.5) is 11.4 Å². The monoisotopic (exact) mass is 336 g/mol. The number of hydrogen-bond donors (Lipinski definition) is 2. The van der Waals surface area contributed by atoms with Gasteiger partial charge in [-0.05, 0) is 44.5 Å². The third kappa shape index (κ3) is 3.68. The number of nitrogens with zero attached hydrogens (tertiary/aromatic N) is 2. The van der Waals surface area contributed by atoms with E-state index in [0.717, 1.165) is 22.4 Å². The van der Waals surface area contributed by atoms with E-state index in [4.69, 9.17) is 0 Å². The SMILES string of the molecule is Cc1ccc(N2NC(C(=O)Nc3ccc(C)cc3C)=NCC2=O)cc1. The molecule has 1 aliphatic heterocycles. The molecule has 2 amide bonds. The van der Waals surface area contributed by atoms with E-state index < -0.39 is 0 Å². The van der Waals surface area contributed by atoms with Crippen LogP contribution in [0.1, 0.15) is 16.7 Å². The fourth-order valence-electron chi connectivity index (χ4n) is 2.58. The lowest BCUT2D eigenvalue weighted by Gasteiger charge is -2.27. The lowest BCUT2D eigenvalue weighted by Crippen LogP contribution is -2.54. The lowest BCUT2D eigenvalue weighted by atomic mass is 10.1. The van der Waals surface area contributed by atoms with Crippen LogP contribution in [-0.4, -0.2) is 24.2 Å². The van der Waals surface area contributed by atoms with Gasteiger partial charge in [0.25, 0.3) is 11.8 Å². The standard InChI is InChI=1S/C19H20N4O2/c1-12-4-7-15(8-5-12)23-17(24)11-20-18(22-23)19(25)21-16-9-6-13(2)10-14(16)3/h4-10H,11H2,1-3H3,(H,20,22)(H,21,25). The lowest BCUT2D eigenvalue weighted by molar-refractivity contribution is -0.118. The van der Waals surface area contributed by atoms with Crippen molar-refractivity contribution in [3.8, 4) is 0 Å². The first-order valence-electron chi connectivity index (χ1n) is 8.03. The van der Waals surface area contributed by atoms with Crippen LogP contribution >= 0.6 is 0 Å². The van der Waals surface area contributed by atoms with Crippen LogP contribution < -0.4 is 15.8 Å².